The van der Waals surface area contributed by atoms with Gasteiger partial charge in [0.05, 0.1) is 12.2 Å². The third-order valence-electron chi connectivity index (χ3n) is 1.63. The predicted molar refractivity (Wildman–Crippen MR) is 47.4 cm³/mol. The normalized spacial score (nSPS) is 14.6. The number of aliphatic hydroxyl groups is 2. The number of rotatable bonds is 5. The Morgan fingerprint density at radius 1 is 1.54 bits per heavy atom. The number of aliphatic carboxylic acids is 1. The van der Waals surface area contributed by atoms with E-state index in [1.54, 1.807) is 20.9 Å². The Bertz CT molecular complexity index is 175. The summed E-state index contributed by atoms with van der Waals surface area (Å²) >= 11 is 0. The smallest absolute Gasteiger partial charge is 0.323 e. The molecular formula is C8H17NO4. The monoisotopic (exact) mass is 191 g/mol. The molecule has 13 heavy (non-hydrogen) atoms. The first-order chi connectivity index (χ1) is 5.78. The zero-order valence-corrected chi connectivity index (χ0v) is 8.19. The Morgan fingerprint density at radius 2 is 2.00 bits per heavy atom. The number of hydrogen-bond acceptors (Lipinski definition) is 4. The van der Waals surface area contributed by atoms with Crippen LogP contribution >= 0.6 is 0 Å². The molecule has 0 saturated carbocycles. The maximum absolute atomic E-state index is 10.6. The summed E-state index contributed by atoms with van der Waals surface area (Å²) in [6.07, 6.45) is 0. The lowest BCUT2D eigenvalue weighted by Gasteiger charge is -2.28. The highest BCUT2D eigenvalue weighted by Gasteiger charge is 2.25. The molecule has 0 aromatic rings. The summed E-state index contributed by atoms with van der Waals surface area (Å²) in [5.74, 6) is -1.09. The minimum atomic E-state index is -1.09. The number of hydrogen-bond donors (Lipinski definition) is 3. The molecule has 0 aromatic carbocycles. The Hall–Kier alpha value is -0.650. The lowest BCUT2D eigenvalue weighted by atomic mass is 10.1. The standard InChI is InChI=1S/C8H17NO4/c1-8(2,13)5-9(3)6(4-10)7(11)12/h6,10,13H,4-5H2,1-3H3,(H,11,12)/t6-/m0/s1. The molecule has 0 aliphatic carbocycles. The average molecular weight is 191 g/mol. The second kappa shape index (κ2) is 4.55. The summed E-state index contributed by atoms with van der Waals surface area (Å²) < 4.78 is 0. The Morgan fingerprint density at radius 3 is 2.23 bits per heavy atom. The van der Waals surface area contributed by atoms with Gasteiger partial charge < -0.3 is 15.3 Å². The van der Waals surface area contributed by atoms with Gasteiger partial charge in [-0.2, -0.15) is 0 Å². The molecule has 5 nitrogen and oxygen atoms in total. The van der Waals surface area contributed by atoms with Gasteiger partial charge in [0.2, 0.25) is 0 Å². The van der Waals surface area contributed by atoms with E-state index in [4.69, 9.17) is 10.2 Å². The molecule has 0 rings (SSSR count). The van der Waals surface area contributed by atoms with Crippen molar-refractivity contribution in [2.24, 2.45) is 0 Å². The van der Waals surface area contributed by atoms with Crippen molar-refractivity contribution in [3.05, 3.63) is 0 Å². The third kappa shape index (κ3) is 4.82. The van der Waals surface area contributed by atoms with Crippen molar-refractivity contribution >= 4 is 5.97 Å². The zero-order valence-electron chi connectivity index (χ0n) is 8.19. The highest BCUT2D eigenvalue weighted by molar-refractivity contribution is 5.73. The average Bonchev–Trinajstić information content (AvgIpc) is 1.82. The number of nitrogens with zero attached hydrogens (tertiary/aromatic N) is 1. The van der Waals surface area contributed by atoms with Crippen LogP contribution in [-0.2, 0) is 4.79 Å². The molecule has 0 saturated heterocycles. The summed E-state index contributed by atoms with van der Waals surface area (Å²) in [7, 11) is 1.55. The number of carbonyl (C=O) groups is 1. The molecule has 0 unspecified atom stereocenters. The van der Waals surface area contributed by atoms with Crippen LogP contribution in [0, 0.1) is 0 Å². The highest BCUT2D eigenvalue weighted by Crippen LogP contribution is 2.06. The summed E-state index contributed by atoms with van der Waals surface area (Å²) in [5, 5.41) is 26.8. The van der Waals surface area contributed by atoms with Gasteiger partial charge in [-0.25, -0.2) is 0 Å². The van der Waals surface area contributed by atoms with Crippen molar-refractivity contribution in [2.45, 2.75) is 25.5 Å². The van der Waals surface area contributed by atoms with Gasteiger partial charge in [-0.1, -0.05) is 0 Å². The van der Waals surface area contributed by atoms with Crippen molar-refractivity contribution in [3.63, 3.8) is 0 Å². The van der Waals surface area contributed by atoms with Gasteiger partial charge in [-0.15, -0.1) is 0 Å². The van der Waals surface area contributed by atoms with Gasteiger partial charge in [0, 0.05) is 6.54 Å². The minimum absolute atomic E-state index is 0.199. The minimum Gasteiger partial charge on any atom is -0.480 e. The summed E-state index contributed by atoms with van der Waals surface area (Å²) in [6.45, 7) is 2.91. The third-order valence-corrected chi connectivity index (χ3v) is 1.63. The van der Waals surface area contributed by atoms with Crippen LogP contribution < -0.4 is 0 Å². The molecule has 0 aromatic heterocycles. The van der Waals surface area contributed by atoms with E-state index in [1.165, 1.54) is 4.90 Å². The summed E-state index contributed by atoms with van der Waals surface area (Å²) in [6, 6.07) is -0.952. The fraction of sp³-hybridized carbons (Fsp3) is 0.875. The van der Waals surface area contributed by atoms with E-state index in [0.29, 0.717) is 0 Å². The Kier molecular flexibility index (Phi) is 4.32. The highest BCUT2D eigenvalue weighted by atomic mass is 16.4. The Labute approximate surface area is 77.6 Å². The van der Waals surface area contributed by atoms with Crippen molar-refractivity contribution < 1.29 is 20.1 Å². The maximum Gasteiger partial charge on any atom is 0.323 e. The van der Waals surface area contributed by atoms with E-state index in [0.717, 1.165) is 0 Å². The first-order valence-electron chi connectivity index (χ1n) is 4.04. The van der Waals surface area contributed by atoms with Crippen molar-refractivity contribution in [1.29, 1.82) is 0 Å². The number of aliphatic hydroxyl groups excluding tert-OH is 1. The topological polar surface area (TPSA) is 81.0 Å². The summed E-state index contributed by atoms with van der Waals surface area (Å²) in [5.41, 5.74) is -0.961. The molecule has 0 spiro atoms. The molecule has 1 atom stereocenters. The fourth-order valence-electron chi connectivity index (χ4n) is 1.13. The predicted octanol–water partition coefficient (Wildman–Crippen LogP) is -0.865. The molecule has 3 N–H and O–H groups in total. The largest absolute Gasteiger partial charge is 0.480 e. The van der Waals surface area contributed by atoms with E-state index in [1.807, 2.05) is 0 Å². The SMILES string of the molecule is CN(CC(C)(C)O)[C@@H](CO)C(=O)O. The van der Waals surface area contributed by atoms with E-state index < -0.39 is 24.2 Å². The van der Waals surface area contributed by atoms with Gasteiger partial charge in [0.15, 0.2) is 0 Å². The van der Waals surface area contributed by atoms with Crippen LogP contribution in [0.2, 0.25) is 0 Å². The number of carboxylic acid groups (broad SMARTS) is 1. The van der Waals surface area contributed by atoms with Crippen LogP contribution in [0.1, 0.15) is 13.8 Å². The Balaban J connectivity index is 4.22. The van der Waals surface area contributed by atoms with E-state index in [9.17, 15) is 9.90 Å². The van der Waals surface area contributed by atoms with Crippen LogP contribution in [0.4, 0.5) is 0 Å². The van der Waals surface area contributed by atoms with E-state index >= 15 is 0 Å². The molecule has 0 heterocycles. The van der Waals surface area contributed by atoms with Gasteiger partial charge in [0.1, 0.15) is 6.04 Å². The van der Waals surface area contributed by atoms with Crippen LogP contribution in [0.5, 0.6) is 0 Å². The molecular weight excluding hydrogens is 174 g/mol. The quantitative estimate of drug-likeness (QED) is 0.526. The zero-order chi connectivity index (χ0) is 10.6. The van der Waals surface area contributed by atoms with Gasteiger partial charge in [-0.05, 0) is 20.9 Å². The van der Waals surface area contributed by atoms with Crippen LogP contribution in [0.3, 0.4) is 0 Å². The molecule has 0 radical (unpaired) electrons. The van der Waals surface area contributed by atoms with Crippen LogP contribution in [-0.4, -0.2) is 58.0 Å². The molecule has 0 aliphatic rings. The van der Waals surface area contributed by atoms with Crippen molar-refractivity contribution in [1.82, 2.24) is 4.90 Å². The number of likely N-dealkylation sites (N-methyl/N-ethyl adjacent to an activating group) is 1. The molecule has 0 bridgehead atoms. The first-order valence-corrected chi connectivity index (χ1v) is 4.04. The summed E-state index contributed by atoms with van der Waals surface area (Å²) in [4.78, 5) is 12.0. The van der Waals surface area contributed by atoms with E-state index in [-0.39, 0.29) is 6.54 Å². The van der Waals surface area contributed by atoms with Gasteiger partial charge >= 0.3 is 5.97 Å². The molecule has 0 fully saturated rings. The maximum atomic E-state index is 10.6. The molecule has 0 amide bonds. The second-order valence-electron chi connectivity index (χ2n) is 3.76. The van der Waals surface area contributed by atoms with Gasteiger partial charge in [-0.3, -0.25) is 9.69 Å². The van der Waals surface area contributed by atoms with Crippen molar-refractivity contribution in [3.8, 4) is 0 Å². The number of carboxylic acids is 1. The second-order valence-corrected chi connectivity index (χ2v) is 3.76. The molecule has 78 valence electrons. The molecule has 5 heteroatoms. The first kappa shape index (κ1) is 12.3. The van der Waals surface area contributed by atoms with Crippen molar-refractivity contribution in [2.75, 3.05) is 20.2 Å². The van der Waals surface area contributed by atoms with Crippen LogP contribution in [0.15, 0.2) is 0 Å². The lowest BCUT2D eigenvalue weighted by molar-refractivity contribution is -0.145. The fourth-order valence-corrected chi connectivity index (χ4v) is 1.13. The van der Waals surface area contributed by atoms with Crippen LogP contribution in [0.25, 0.3) is 0 Å². The molecule has 0 aliphatic heterocycles. The van der Waals surface area contributed by atoms with E-state index in [2.05, 4.69) is 0 Å². The lowest BCUT2D eigenvalue weighted by Crippen LogP contribution is -2.47. The van der Waals surface area contributed by atoms with Gasteiger partial charge in [0.25, 0.3) is 0 Å².